The molecule has 1 atom stereocenters. The maximum absolute atomic E-state index is 11.8. The van der Waals surface area contributed by atoms with Crippen molar-refractivity contribution in [1.29, 1.82) is 0 Å². The van der Waals surface area contributed by atoms with Gasteiger partial charge in [0.25, 0.3) is 5.91 Å². The molecule has 0 spiro atoms. The van der Waals surface area contributed by atoms with Gasteiger partial charge in [0, 0.05) is 7.05 Å². The van der Waals surface area contributed by atoms with Gasteiger partial charge in [-0.05, 0) is 23.8 Å². The number of thiol groups is 1. The van der Waals surface area contributed by atoms with Gasteiger partial charge in [0.15, 0.2) is 11.5 Å². The van der Waals surface area contributed by atoms with E-state index in [1.165, 1.54) is 4.90 Å². The fourth-order valence-electron chi connectivity index (χ4n) is 1.87. The number of hydrogen-bond acceptors (Lipinski definition) is 5. The van der Waals surface area contributed by atoms with E-state index in [1.54, 1.807) is 13.1 Å². The van der Waals surface area contributed by atoms with Gasteiger partial charge in [0.2, 0.25) is 6.79 Å². The SMILES string of the molecule is CN1C(=O)/C(=C/c2ccc3c(c2)OCO3)NC1S. The smallest absolute Gasteiger partial charge is 0.272 e. The molecule has 0 bridgehead atoms. The minimum Gasteiger partial charge on any atom is -0.454 e. The summed E-state index contributed by atoms with van der Waals surface area (Å²) in [5, 5.41) is 3.00. The lowest BCUT2D eigenvalue weighted by molar-refractivity contribution is -0.123. The lowest BCUT2D eigenvalue weighted by atomic mass is 10.1. The molecule has 5 nitrogen and oxygen atoms in total. The van der Waals surface area contributed by atoms with Gasteiger partial charge in [-0.1, -0.05) is 6.07 Å². The Morgan fingerprint density at radius 1 is 1.44 bits per heavy atom. The van der Waals surface area contributed by atoms with Gasteiger partial charge in [0.05, 0.1) is 0 Å². The van der Waals surface area contributed by atoms with Gasteiger partial charge in [-0.15, -0.1) is 12.6 Å². The summed E-state index contributed by atoms with van der Waals surface area (Å²) < 4.78 is 10.5. The van der Waals surface area contributed by atoms with E-state index in [0.29, 0.717) is 11.4 Å². The molecule has 3 rings (SSSR count). The molecule has 1 aromatic carbocycles. The maximum Gasteiger partial charge on any atom is 0.272 e. The molecular weight excluding hydrogens is 252 g/mol. The molecule has 1 saturated heterocycles. The summed E-state index contributed by atoms with van der Waals surface area (Å²) in [6.07, 6.45) is 1.77. The quantitative estimate of drug-likeness (QED) is 0.587. The Morgan fingerprint density at radius 3 is 2.94 bits per heavy atom. The molecule has 1 fully saturated rings. The lowest BCUT2D eigenvalue weighted by Crippen LogP contribution is -2.28. The molecule has 6 heteroatoms. The molecule has 2 aliphatic heterocycles. The van der Waals surface area contributed by atoms with Crippen LogP contribution in [0.2, 0.25) is 0 Å². The predicted molar refractivity (Wildman–Crippen MR) is 69.2 cm³/mol. The molecule has 0 aromatic heterocycles. The first-order valence-corrected chi connectivity index (χ1v) is 6.00. The Morgan fingerprint density at radius 2 is 2.22 bits per heavy atom. The zero-order chi connectivity index (χ0) is 12.7. The van der Waals surface area contributed by atoms with Gasteiger partial charge in [-0.25, -0.2) is 0 Å². The number of benzene rings is 1. The van der Waals surface area contributed by atoms with Gasteiger partial charge in [-0.3, -0.25) is 4.79 Å². The van der Waals surface area contributed by atoms with E-state index >= 15 is 0 Å². The Labute approximate surface area is 110 Å². The third-order valence-electron chi connectivity index (χ3n) is 2.91. The average molecular weight is 264 g/mol. The van der Waals surface area contributed by atoms with E-state index in [-0.39, 0.29) is 18.2 Å². The van der Waals surface area contributed by atoms with Crippen molar-refractivity contribution in [2.24, 2.45) is 0 Å². The third-order valence-corrected chi connectivity index (χ3v) is 3.39. The van der Waals surface area contributed by atoms with Gasteiger partial charge < -0.3 is 19.7 Å². The van der Waals surface area contributed by atoms with Gasteiger partial charge >= 0.3 is 0 Å². The van der Waals surface area contributed by atoms with Crippen molar-refractivity contribution in [3.63, 3.8) is 0 Å². The zero-order valence-electron chi connectivity index (χ0n) is 9.71. The number of rotatable bonds is 1. The van der Waals surface area contributed by atoms with Crippen LogP contribution in [-0.2, 0) is 4.79 Å². The number of nitrogens with zero attached hydrogens (tertiary/aromatic N) is 1. The van der Waals surface area contributed by atoms with Crippen molar-refractivity contribution in [3.05, 3.63) is 29.5 Å². The number of carbonyl (C=O) groups excluding carboxylic acids is 1. The first-order chi connectivity index (χ1) is 8.65. The highest BCUT2D eigenvalue weighted by molar-refractivity contribution is 7.80. The summed E-state index contributed by atoms with van der Waals surface area (Å²) in [5.74, 6) is 1.35. The number of hydrogen-bond donors (Lipinski definition) is 2. The summed E-state index contributed by atoms with van der Waals surface area (Å²) >= 11 is 4.25. The van der Waals surface area contributed by atoms with E-state index in [4.69, 9.17) is 9.47 Å². The van der Waals surface area contributed by atoms with E-state index in [0.717, 1.165) is 11.3 Å². The summed E-state index contributed by atoms with van der Waals surface area (Å²) in [6, 6.07) is 5.55. The number of carbonyl (C=O) groups is 1. The molecule has 0 saturated carbocycles. The fraction of sp³-hybridized carbons (Fsp3) is 0.250. The molecule has 1 amide bonds. The summed E-state index contributed by atoms with van der Waals surface area (Å²) in [4.78, 5) is 13.4. The molecular formula is C12H12N2O3S. The predicted octanol–water partition coefficient (Wildman–Crippen LogP) is 1.03. The van der Waals surface area contributed by atoms with Crippen LogP contribution < -0.4 is 14.8 Å². The van der Waals surface area contributed by atoms with Crippen LogP contribution in [0.15, 0.2) is 23.9 Å². The van der Waals surface area contributed by atoms with Crippen LogP contribution in [0.4, 0.5) is 0 Å². The van der Waals surface area contributed by atoms with Crippen LogP contribution in [0.1, 0.15) is 5.56 Å². The molecule has 0 radical (unpaired) electrons. The molecule has 94 valence electrons. The van der Waals surface area contributed by atoms with E-state index in [2.05, 4.69) is 17.9 Å². The van der Waals surface area contributed by atoms with Crippen LogP contribution >= 0.6 is 12.6 Å². The first-order valence-electron chi connectivity index (χ1n) is 5.48. The van der Waals surface area contributed by atoms with E-state index < -0.39 is 0 Å². The van der Waals surface area contributed by atoms with Crippen LogP contribution in [0.5, 0.6) is 11.5 Å². The molecule has 0 aliphatic carbocycles. The van der Waals surface area contributed by atoms with E-state index in [9.17, 15) is 4.79 Å². The topological polar surface area (TPSA) is 50.8 Å². The molecule has 1 unspecified atom stereocenters. The van der Waals surface area contributed by atoms with Crippen LogP contribution in [0.3, 0.4) is 0 Å². The summed E-state index contributed by atoms with van der Waals surface area (Å²) in [6.45, 7) is 0.244. The monoisotopic (exact) mass is 264 g/mol. The van der Waals surface area contributed by atoms with Crippen molar-refractivity contribution < 1.29 is 14.3 Å². The lowest BCUT2D eigenvalue weighted by Gasteiger charge is -2.11. The van der Waals surface area contributed by atoms with Crippen molar-refractivity contribution in [2.45, 2.75) is 5.50 Å². The highest BCUT2D eigenvalue weighted by Crippen LogP contribution is 2.33. The van der Waals surface area contributed by atoms with Crippen molar-refractivity contribution in [2.75, 3.05) is 13.8 Å². The number of likely N-dealkylation sites (N-methyl/N-ethyl adjacent to an activating group) is 1. The van der Waals surface area contributed by atoms with Crippen LogP contribution in [0.25, 0.3) is 6.08 Å². The standard InChI is InChI=1S/C12H12N2O3S/c1-14-11(15)8(13-12(14)18)4-7-2-3-9-10(5-7)17-6-16-9/h2-5,12-13,18H,6H2,1H3/b8-4-. The number of ether oxygens (including phenoxy) is 2. The van der Waals surface area contributed by atoms with Gasteiger partial charge in [-0.2, -0.15) is 0 Å². The minimum absolute atomic E-state index is 0.0762. The molecule has 2 heterocycles. The largest absolute Gasteiger partial charge is 0.454 e. The third kappa shape index (κ3) is 1.78. The number of nitrogens with one attached hydrogen (secondary N) is 1. The summed E-state index contributed by atoms with van der Waals surface area (Å²) in [7, 11) is 1.70. The normalized spacial score (nSPS) is 23.7. The van der Waals surface area contributed by atoms with E-state index in [1.807, 2.05) is 18.2 Å². The van der Waals surface area contributed by atoms with Crippen molar-refractivity contribution in [1.82, 2.24) is 10.2 Å². The Balaban J connectivity index is 1.91. The molecule has 1 N–H and O–H groups in total. The zero-order valence-corrected chi connectivity index (χ0v) is 10.6. The first kappa shape index (κ1) is 11.3. The Bertz CT molecular complexity index is 544. The molecule has 1 aromatic rings. The van der Waals surface area contributed by atoms with Crippen molar-refractivity contribution in [3.8, 4) is 11.5 Å². The highest BCUT2D eigenvalue weighted by Gasteiger charge is 2.29. The molecule has 18 heavy (non-hydrogen) atoms. The van der Waals surface area contributed by atoms with Crippen LogP contribution in [0, 0.1) is 0 Å². The second-order valence-electron chi connectivity index (χ2n) is 4.10. The minimum atomic E-state index is -0.280. The number of fused-ring (bicyclic) bond motifs is 1. The second-order valence-corrected chi connectivity index (χ2v) is 4.59. The Hall–Kier alpha value is -1.82. The van der Waals surface area contributed by atoms with Crippen molar-refractivity contribution >= 4 is 24.6 Å². The summed E-state index contributed by atoms with van der Waals surface area (Å²) in [5.41, 5.74) is 1.13. The molecule has 2 aliphatic rings. The Kier molecular flexibility index (Phi) is 2.59. The fourth-order valence-corrected chi connectivity index (χ4v) is 2.12. The van der Waals surface area contributed by atoms with Gasteiger partial charge in [0.1, 0.15) is 11.2 Å². The maximum atomic E-state index is 11.8. The highest BCUT2D eigenvalue weighted by atomic mass is 32.1. The number of amides is 1. The average Bonchev–Trinajstić information content (AvgIpc) is 2.91. The second kappa shape index (κ2) is 4.13. The van der Waals surface area contributed by atoms with Crippen LogP contribution in [-0.4, -0.2) is 30.1 Å².